The molecule has 0 unspecified atom stereocenters. The first-order valence-corrected chi connectivity index (χ1v) is 6.05. The van der Waals surface area contributed by atoms with Crippen LogP contribution in [0.1, 0.15) is 37.8 Å². The zero-order valence-electron chi connectivity index (χ0n) is 10.5. The lowest BCUT2D eigenvalue weighted by Gasteiger charge is -2.09. The Morgan fingerprint density at radius 3 is 2.75 bits per heavy atom. The van der Waals surface area contributed by atoms with E-state index in [1.54, 1.807) is 6.07 Å². The SMILES string of the molecule is Cc1ccc(F)cc1CNCCCC(C)C. The van der Waals surface area contributed by atoms with Crippen molar-refractivity contribution in [1.82, 2.24) is 5.32 Å². The molecule has 1 nitrogen and oxygen atoms in total. The molecular weight excluding hydrogens is 201 g/mol. The maximum Gasteiger partial charge on any atom is 0.123 e. The van der Waals surface area contributed by atoms with Gasteiger partial charge in [0.25, 0.3) is 0 Å². The Morgan fingerprint density at radius 2 is 2.06 bits per heavy atom. The first-order chi connectivity index (χ1) is 7.59. The molecule has 0 aliphatic carbocycles. The molecule has 0 amide bonds. The molecular formula is C14H22FN. The molecule has 2 heteroatoms. The van der Waals surface area contributed by atoms with Crippen molar-refractivity contribution in [3.05, 3.63) is 35.1 Å². The van der Waals surface area contributed by atoms with E-state index < -0.39 is 0 Å². The molecule has 0 atom stereocenters. The van der Waals surface area contributed by atoms with E-state index in [4.69, 9.17) is 0 Å². The summed E-state index contributed by atoms with van der Waals surface area (Å²) < 4.78 is 13.0. The van der Waals surface area contributed by atoms with Gasteiger partial charge in [0.15, 0.2) is 0 Å². The van der Waals surface area contributed by atoms with Gasteiger partial charge in [-0.1, -0.05) is 19.9 Å². The van der Waals surface area contributed by atoms with Gasteiger partial charge in [-0.3, -0.25) is 0 Å². The van der Waals surface area contributed by atoms with Gasteiger partial charge in [0.2, 0.25) is 0 Å². The fourth-order valence-corrected chi connectivity index (χ4v) is 1.69. The van der Waals surface area contributed by atoms with Crippen LogP contribution in [0.3, 0.4) is 0 Å². The molecule has 16 heavy (non-hydrogen) atoms. The predicted molar refractivity (Wildman–Crippen MR) is 66.9 cm³/mol. The molecule has 0 spiro atoms. The number of rotatable bonds is 6. The lowest BCUT2D eigenvalue weighted by Crippen LogP contribution is -2.16. The summed E-state index contributed by atoms with van der Waals surface area (Å²) in [6.45, 7) is 8.26. The first-order valence-electron chi connectivity index (χ1n) is 6.05. The molecule has 1 aromatic rings. The lowest BCUT2D eigenvalue weighted by molar-refractivity contribution is 0.526. The maximum absolute atomic E-state index is 13.0. The van der Waals surface area contributed by atoms with Crippen LogP contribution in [0.4, 0.5) is 4.39 Å². The number of benzene rings is 1. The monoisotopic (exact) mass is 223 g/mol. The van der Waals surface area contributed by atoms with Crippen molar-refractivity contribution in [3.63, 3.8) is 0 Å². The summed E-state index contributed by atoms with van der Waals surface area (Å²) in [6.07, 6.45) is 2.43. The number of hydrogen-bond donors (Lipinski definition) is 1. The van der Waals surface area contributed by atoms with Gasteiger partial charge in [0, 0.05) is 6.54 Å². The van der Waals surface area contributed by atoms with E-state index in [0.717, 1.165) is 30.1 Å². The van der Waals surface area contributed by atoms with Crippen LogP contribution in [-0.4, -0.2) is 6.54 Å². The van der Waals surface area contributed by atoms with Gasteiger partial charge in [-0.2, -0.15) is 0 Å². The van der Waals surface area contributed by atoms with Gasteiger partial charge in [0.05, 0.1) is 0 Å². The van der Waals surface area contributed by atoms with Crippen LogP contribution in [0.5, 0.6) is 0 Å². The van der Waals surface area contributed by atoms with Crippen molar-refractivity contribution >= 4 is 0 Å². The highest BCUT2D eigenvalue weighted by Crippen LogP contribution is 2.10. The minimum atomic E-state index is -0.149. The molecule has 0 aliphatic rings. The average molecular weight is 223 g/mol. The summed E-state index contributed by atoms with van der Waals surface area (Å²) in [5.74, 6) is 0.613. The fraction of sp³-hybridized carbons (Fsp3) is 0.571. The third kappa shape index (κ3) is 4.75. The lowest BCUT2D eigenvalue weighted by atomic mass is 10.1. The highest BCUT2D eigenvalue weighted by Gasteiger charge is 2.00. The molecule has 0 saturated heterocycles. The van der Waals surface area contributed by atoms with Crippen molar-refractivity contribution in [2.75, 3.05) is 6.54 Å². The zero-order chi connectivity index (χ0) is 12.0. The minimum Gasteiger partial charge on any atom is -0.313 e. The second-order valence-electron chi connectivity index (χ2n) is 4.78. The Morgan fingerprint density at radius 1 is 1.31 bits per heavy atom. The van der Waals surface area contributed by atoms with Crippen molar-refractivity contribution in [1.29, 1.82) is 0 Å². The number of halogens is 1. The smallest absolute Gasteiger partial charge is 0.123 e. The van der Waals surface area contributed by atoms with Crippen molar-refractivity contribution in [3.8, 4) is 0 Å². The summed E-state index contributed by atoms with van der Waals surface area (Å²) >= 11 is 0. The Kier molecular flexibility index (Phi) is 5.47. The summed E-state index contributed by atoms with van der Waals surface area (Å²) in [4.78, 5) is 0. The summed E-state index contributed by atoms with van der Waals surface area (Å²) in [6, 6.07) is 4.96. The maximum atomic E-state index is 13.0. The van der Waals surface area contributed by atoms with E-state index in [1.165, 1.54) is 18.9 Å². The van der Waals surface area contributed by atoms with Gasteiger partial charge < -0.3 is 5.32 Å². The Balaban J connectivity index is 2.29. The van der Waals surface area contributed by atoms with Crippen molar-refractivity contribution in [2.45, 2.75) is 40.2 Å². The van der Waals surface area contributed by atoms with Crippen LogP contribution in [-0.2, 0) is 6.54 Å². The summed E-state index contributed by atoms with van der Waals surface area (Å²) in [7, 11) is 0. The molecule has 90 valence electrons. The van der Waals surface area contributed by atoms with E-state index in [9.17, 15) is 4.39 Å². The Labute approximate surface area is 98.1 Å². The summed E-state index contributed by atoms with van der Waals surface area (Å²) in [5, 5.41) is 3.36. The van der Waals surface area contributed by atoms with Crippen molar-refractivity contribution < 1.29 is 4.39 Å². The molecule has 0 radical (unpaired) electrons. The van der Waals surface area contributed by atoms with E-state index in [-0.39, 0.29) is 5.82 Å². The third-order valence-corrected chi connectivity index (χ3v) is 2.76. The van der Waals surface area contributed by atoms with E-state index >= 15 is 0 Å². The highest BCUT2D eigenvalue weighted by molar-refractivity contribution is 5.26. The van der Waals surface area contributed by atoms with Gasteiger partial charge in [-0.05, 0) is 55.5 Å². The largest absolute Gasteiger partial charge is 0.313 e. The number of hydrogen-bond acceptors (Lipinski definition) is 1. The third-order valence-electron chi connectivity index (χ3n) is 2.76. The zero-order valence-corrected chi connectivity index (χ0v) is 10.5. The molecule has 0 fully saturated rings. The fourth-order valence-electron chi connectivity index (χ4n) is 1.69. The molecule has 0 aromatic heterocycles. The quantitative estimate of drug-likeness (QED) is 0.726. The van der Waals surface area contributed by atoms with Gasteiger partial charge >= 0.3 is 0 Å². The van der Waals surface area contributed by atoms with Crippen LogP contribution in [0.15, 0.2) is 18.2 Å². The van der Waals surface area contributed by atoms with Gasteiger partial charge in [-0.25, -0.2) is 4.39 Å². The van der Waals surface area contributed by atoms with Crippen LogP contribution < -0.4 is 5.32 Å². The minimum absolute atomic E-state index is 0.149. The van der Waals surface area contributed by atoms with Crippen molar-refractivity contribution in [2.24, 2.45) is 5.92 Å². The van der Waals surface area contributed by atoms with E-state index in [1.807, 2.05) is 13.0 Å². The van der Waals surface area contributed by atoms with Gasteiger partial charge in [-0.15, -0.1) is 0 Å². The predicted octanol–water partition coefficient (Wildman–Crippen LogP) is 3.66. The molecule has 1 aromatic carbocycles. The highest BCUT2D eigenvalue weighted by atomic mass is 19.1. The summed E-state index contributed by atoms with van der Waals surface area (Å²) in [5.41, 5.74) is 2.21. The van der Waals surface area contributed by atoms with Crippen LogP contribution in [0.25, 0.3) is 0 Å². The van der Waals surface area contributed by atoms with Crippen LogP contribution >= 0.6 is 0 Å². The first kappa shape index (κ1) is 13.2. The molecule has 0 heterocycles. The Bertz CT molecular complexity index is 321. The Hall–Kier alpha value is -0.890. The van der Waals surface area contributed by atoms with Crippen LogP contribution in [0, 0.1) is 18.7 Å². The standard InChI is InChI=1S/C14H22FN/c1-11(2)5-4-8-16-10-13-9-14(15)7-6-12(13)3/h6-7,9,11,16H,4-5,8,10H2,1-3H3. The second-order valence-corrected chi connectivity index (χ2v) is 4.78. The molecule has 0 aliphatic heterocycles. The van der Waals surface area contributed by atoms with Crippen LogP contribution in [0.2, 0.25) is 0 Å². The van der Waals surface area contributed by atoms with E-state index in [0.29, 0.717) is 0 Å². The number of nitrogens with one attached hydrogen (secondary N) is 1. The molecule has 0 saturated carbocycles. The second kappa shape index (κ2) is 6.64. The van der Waals surface area contributed by atoms with Gasteiger partial charge in [0.1, 0.15) is 5.82 Å². The normalized spacial score (nSPS) is 11.1. The number of aryl methyl sites for hydroxylation is 1. The van der Waals surface area contributed by atoms with E-state index in [2.05, 4.69) is 19.2 Å². The molecule has 1 N–H and O–H groups in total. The average Bonchev–Trinajstić information content (AvgIpc) is 2.22. The molecule has 0 bridgehead atoms. The molecule has 1 rings (SSSR count). The topological polar surface area (TPSA) is 12.0 Å².